The average Bonchev–Trinajstić information content (AvgIpc) is 3.17. The maximum absolute atomic E-state index is 12.2. The highest BCUT2D eigenvalue weighted by Crippen LogP contribution is 2.30. The van der Waals surface area contributed by atoms with Gasteiger partial charge in [0, 0.05) is 18.4 Å². The first-order valence-electron chi connectivity index (χ1n) is 8.37. The van der Waals surface area contributed by atoms with Gasteiger partial charge in [-0.1, -0.05) is 11.8 Å². The number of aromatic nitrogens is 4. The summed E-state index contributed by atoms with van der Waals surface area (Å²) in [4.78, 5) is 24.0. The van der Waals surface area contributed by atoms with Gasteiger partial charge in [0.2, 0.25) is 0 Å². The molecule has 7 nitrogen and oxygen atoms in total. The van der Waals surface area contributed by atoms with Crippen molar-refractivity contribution in [1.29, 1.82) is 0 Å². The first kappa shape index (κ1) is 16.8. The van der Waals surface area contributed by atoms with Crippen LogP contribution in [-0.4, -0.2) is 42.3 Å². The van der Waals surface area contributed by atoms with Gasteiger partial charge in [-0.25, -0.2) is 18.5 Å². The van der Waals surface area contributed by atoms with Gasteiger partial charge in [0.05, 0.1) is 50.7 Å². The van der Waals surface area contributed by atoms with Gasteiger partial charge in [-0.3, -0.25) is 4.79 Å². The van der Waals surface area contributed by atoms with Crippen molar-refractivity contribution in [3.8, 4) is 0 Å². The first-order valence-corrected chi connectivity index (χ1v) is 11.2. The highest BCUT2D eigenvalue weighted by atomic mass is 32.2. The Labute approximate surface area is 150 Å². The van der Waals surface area contributed by atoms with Crippen molar-refractivity contribution in [3.05, 3.63) is 39.3 Å². The van der Waals surface area contributed by atoms with Crippen molar-refractivity contribution < 1.29 is 4.21 Å². The Morgan fingerprint density at radius 3 is 3.00 bits per heavy atom. The minimum absolute atomic E-state index is 0.00137. The molecule has 0 bridgehead atoms. The molecule has 1 fully saturated rings. The van der Waals surface area contributed by atoms with E-state index in [-0.39, 0.29) is 11.6 Å². The Balaban J connectivity index is 1.53. The molecule has 9 heteroatoms. The minimum atomic E-state index is -2.00. The molecular weight excluding hydrogens is 358 g/mol. The number of thioether (sulfide) groups is 1. The molecule has 0 atom stereocenters. The number of H-pyrrole nitrogens is 1. The quantitative estimate of drug-likeness (QED) is 0.645. The van der Waals surface area contributed by atoms with Crippen molar-refractivity contribution >= 4 is 21.5 Å². The molecule has 2 aromatic rings. The smallest absolute Gasteiger partial charge is 0.254 e. The van der Waals surface area contributed by atoms with E-state index in [1.54, 1.807) is 7.05 Å². The third-order valence-corrected chi connectivity index (χ3v) is 8.36. The summed E-state index contributed by atoms with van der Waals surface area (Å²) >= 11 is 1.52. The Bertz CT molecular complexity index is 988. The standard InChI is InChI=1S/C16H21N5O2S2/c1-10-14(21(9-18-10)11-7-25(23,8-11)17-2)6-24-16-19-13-5-3-4-12(13)15(22)20-16/h9,11H,3-8H2,1-2H3,(H,19,20,22). The molecule has 1 aliphatic carbocycles. The van der Waals surface area contributed by atoms with Crippen LogP contribution in [0, 0.1) is 6.92 Å². The summed E-state index contributed by atoms with van der Waals surface area (Å²) in [5.41, 5.74) is 3.84. The summed E-state index contributed by atoms with van der Waals surface area (Å²) < 4.78 is 18.3. The van der Waals surface area contributed by atoms with E-state index in [2.05, 4.69) is 23.9 Å². The Morgan fingerprint density at radius 2 is 2.24 bits per heavy atom. The van der Waals surface area contributed by atoms with Crippen LogP contribution in [0.15, 0.2) is 20.6 Å². The molecule has 1 N–H and O–H groups in total. The normalized spacial score (nSPS) is 24.8. The lowest BCUT2D eigenvalue weighted by Gasteiger charge is -2.31. The molecule has 0 amide bonds. The van der Waals surface area contributed by atoms with Gasteiger partial charge in [-0.15, -0.1) is 0 Å². The molecule has 25 heavy (non-hydrogen) atoms. The summed E-state index contributed by atoms with van der Waals surface area (Å²) in [5.74, 6) is 1.85. The fourth-order valence-corrected chi connectivity index (χ4v) is 6.15. The van der Waals surface area contributed by atoms with Crippen molar-refractivity contribution in [3.63, 3.8) is 0 Å². The molecule has 2 aromatic heterocycles. The van der Waals surface area contributed by atoms with Gasteiger partial charge in [0.1, 0.15) is 0 Å². The van der Waals surface area contributed by atoms with E-state index in [0.717, 1.165) is 41.9 Å². The molecular formula is C16H21N5O2S2. The van der Waals surface area contributed by atoms with E-state index in [1.165, 1.54) is 11.8 Å². The molecule has 0 unspecified atom stereocenters. The second-order valence-electron chi connectivity index (χ2n) is 6.56. The Morgan fingerprint density at radius 1 is 1.44 bits per heavy atom. The van der Waals surface area contributed by atoms with Crippen LogP contribution < -0.4 is 5.56 Å². The lowest BCUT2D eigenvalue weighted by molar-refractivity contribution is 0.539. The molecule has 0 saturated carbocycles. The minimum Gasteiger partial charge on any atom is -0.329 e. The summed E-state index contributed by atoms with van der Waals surface area (Å²) in [6.07, 6.45) is 4.55. The third-order valence-electron chi connectivity index (χ3n) is 5.00. The number of nitrogens with zero attached hydrogens (tertiary/aromatic N) is 4. The van der Waals surface area contributed by atoms with E-state index in [9.17, 15) is 9.00 Å². The van der Waals surface area contributed by atoms with E-state index in [0.29, 0.717) is 22.4 Å². The maximum atomic E-state index is 12.2. The number of nitrogens with one attached hydrogen (secondary N) is 1. The SMILES string of the molecule is CN=S1(=O)CC(n2cnc(C)c2CSc2nc3c(c(=O)[nH]2)CCC3)C1. The molecule has 0 spiro atoms. The Kier molecular flexibility index (Phi) is 4.23. The van der Waals surface area contributed by atoms with E-state index in [1.807, 2.05) is 13.3 Å². The van der Waals surface area contributed by atoms with Gasteiger partial charge in [0.25, 0.3) is 5.56 Å². The topological polar surface area (TPSA) is 93.0 Å². The summed E-state index contributed by atoms with van der Waals surface area (Å²) in [6, 6.07) is 0.194. The number of hydrogen-bond donors (Lipinski definition) is 1. The first-order chi connectivity index (χ1) is 12.0. The molecule has 2 aliphatic rings. The largest absolute Gasteiger partial charge is 0.329 e. The zero-order valence-corrected chi connectivity index (χ0v) is 16.0. The van der Waals surface area contributed by atoms with Gasteiger partial charge < -0.3 is 9.55 Å². The Hall–Kier alpha value is -1.61. The highest BCUT2D eigenvalue weighted by molar-refractivity contribution is 7.98. The third kappa shape index (κ3) is 3.03. The highest BCUT2D eigenvalue weighted by Gasteiger charge is 2.34. The van der Waals surface area contributed by atoms with E-state index >= 15 is 0 Å². The van der Waals surface area contributed by atoms with Crippen LogP contribution in [0.4, 0.5) is 0 Å². The number of rotatable bonds is 4. The van der Waals surface area contributed by atoms with Crippen LogP contribution in [0.25, 0.3) is 0 Å². The molecule has 0 aromatic carbocycles. The van der Waals surface area contributed by atoms with Gasteiger partial charge in [-0.2, -0.15) is 0 Å². The zero-order valence-electron chi connectivity index (χ0n) is 14.3. The number of hydrogen-bond acceptors (Lipinski definition) is 6. The number of imidazole rings is 1. The van der Waals surface area contributed by atoms with Crippen LogP contribution in [0.1, 0.15) is 35.1 Å². The second kappa shape index (κ2) is 6.28. The summed E-state index contributed by atoms with van der Waals surface area (Å²) in [5, 5.41) is 0.666. The predicted molar refractivity (Wildman–Crippen MR) is 98.7 cm³/mol. The number of fused-ring (bicyclic) bond motifs is 1. The zero-order chi connectivity index (χ0) is 17.6. The molecule has 134 valence electrons. The van der Waals surface area contributed by atoms with Gasteiger partial charge >= 0.3 is 0 Å². The summed E-state index contributed by atoms with van der Waals surface area (Å²) in [6.45, 7) is 1.98. The van der Waals surface area contributed by atoms with Crippen LogP contribution in [-0.2, 0) is 28.3 Å². The average molecular weight is 380 g/mol. The fourth-order valence-electron chi connectivity index (χ4n) is 3.46. The van der Waals surface area contributed by atoms with Crippen molar-refractivity contribution in [2.24, 2.45) is 4.36 Å². The van der Waals surface area contributed by atoms with E-state index in [4.69, 9.17) is 0 Å². The predicted octanol–water partition coefficient (Wildman–Crippen LogP) is 1.71. The van der Waals surface area contributed by atoms with Crippen LogP contribution in [0.2, 0.25) is 0 Å². The van der Waals surface area contributed by atoms with Crippen molar-refractivity contribution in [2.45, 2.75) is 43.1 Å². The summed E-state index contributed by atoms with van der Waals surface area (Å²) in [7, 11) is -0.372. The van der Waals surface area contributed by atoms with E-state index < -0.39 is 9.73 Å². The van der Waals surface area contributed by atoms with Crippen molar-refractivity contribution in [1.82, 2.24) is 19.5 Å². The van der Waals surface area contributed by atoms with Gasteiger partial charge in [-0.05, 0) is 26.2 Å². The lowest BCUT2D eigenvalue weighted by Crippen LogP contribution is -2.38. The number of aryl methyl sites for hydroxylation is 2. The lowest BCUT2D eigenvalue weighted by atomic mass is 10.3. The van der Waals surface area contributed by atoms with Crippen LogP contribution in [0.3, 0.4) is 0 Å². The van der Waals surface area contributed by atoms with Crippen LogP contribution >= 0.6 is 11.8 Å². The monoisotopic (exact) mass is 379 g/mol. The molecule has 1 aliphatic heterocycles. The maximum Gasteiger partial charge on any atom is 0.254 e. The fraction of sp³-hybridized carbons (Fsp3) is 0.562. The van der Waals surface area contributed by atoms with Gasteiger partial charge in [0.15, 0.2) is 5.16 Å². The van der Waals surface area contributed by atoms with Crippen LogP contribution in [0.5, 0.6) is 0 Å². The molecule has 0 radical (unpaired) electrons. The second-order valence-corrected chi connectivity index (χ2v) is 10.1. The number of aromatic amines is 1. The molecule has 3 heterocycles. The molecule has 4 rings (SSSR count). The van der Waals surface area contributed by atoms with Crippen molar-refractivity contribution in [2.75, 3.05) is 18.6 Å². The molecule has 1 saturated heterocycles.